The normalized spacial score (nSPS) is 11.9. The van der Waals surface area contributed by atoms with Gasteiger partial charge in [-0.3, -0.25) is 14.9 Å². The highest BCUT2D eigenvalue weighted by Gasteiger charge is 2.25. The number of hydrogen-bond acceptors (Lipinski definition) is 8. The fourth-order valence-corrected chi connectivity index (χ4v) is 5.00. The number of carboxylic acids is 1. The predicted molar refractivity (Wildman–Crippen MR) is 131 cm³/mol. The van der Waals surface area contributed by atoms with Gasteiger partial charge in [0.15, 0.2) is 5.96 Å². The van der Waals surface area contributed by atoms with E-state index >= 15 is 0 Å². The number of carbonyl (C=O) groups is 2. The van der Waals surface area contributed by atoms with Gasteiger partial charge in [-0.05, 0) is 42.5 Å². The molecule has 2 heterocycles. The van der Waals surface area contributed by atoms with Crippen molar-refractivity contribution in [3.05, 3.63) is 59.2 Å². The van der Waals surface area contributed by atoms with Crippen LogP contribution in [0.2, 0.25) is 0 Å². The molecule has 0 saturated carbocycles. The molecule has 1 aromatic carbocycles. The van der Waals surface area contributed by atoms with Gasteiger partial charge in [-0.15, -0.1) is 11.3 Å². The Labute approximate surface area is 205 Å². The Morgan fingerprint density at radius 2 is 2.03 bits per heavy atom. The number of benzene rings is 1. The summed E-state index contributed by atoms with van der Waals surface area (Å²) >= 11 is 0.974. The molecular weight excluding hydrogens is 494 g/mol. The van der Waals surface area contributed by atoms with Gasteiger partial charge in [-0.2, -0.15) is 0 Å². The van der Waals surface area contributed by atoms with Crippen molar-refractivity contribution in [1.82, 2.24) is 20.6 Å². The van der Waals surface area contributed by atoms with Crippen LogP contribution in [0.15, 0.2) is 59.2 Å². The smallest absolute Gasteiger partial charge is 0.326 e. The molecule has 0 saturated heterocycles. The van der Waals surface area contributed by atoms with Crippen LogP contribution in [0.4, 0.5) is 5.69 Å². The van der Waals surface area contributed by atoms with Gasteiger partial charge in [-0.25, -0.2) is 23.2 Å². The summed E-state index contributed by atoms with van der Waals surface area (Å²) in [6.07, 6.45) is 3.32. The lowest BCUT2D eigenvalue weighted by molar-refractivity contribution is -0.139. The van der Waals surface area contributed by atoms with Gasteiger partial charge in [-0.1, -0.05) is 12.1 Å². The highest BCUT2D eigenvalue weighted by molar-refractivity contribution is 7.92. The molecular formula is C21H23N7O5S2. The molecule has 1 atom stereocenters. The van der Waals surface area contributed by atoms with Gasteiger partial charge in [0.1, 0.15) is 17.2 Å². The number of carbonyl (C=O) groups excluding carboxylic acids is 1. The van der Waals surface area contributed by atoms with Gasteiger partial charge < -0.3 is 21.5 Å². The maximum atomic E-state index is 13.0. The van der Waals surface area contributed by atoms with E-state index in [0.717, 1.165) is 11.3 Å². The fraction of sp³-hybridized carbons (Fsp3) is 0.190. The first-order valence-electron chi connectivity index (χ1n) is 10.3. The summed E-state index contributed by atoms with van der Waals surface area (Å²) in [5.41, 5.74) is 6.34. The number of thiophene rings is 1. The molecule has 3 aromatic rings. The van der Waals surface area contributed by atoms with Crippen molar-refractivity contribution in [1.29, 1.82) is 5.41 Å². The molecule has 0 aliphatic rings. The maximum Gasteiger partial charge on any atom is 0.326 e. The molecule has 0 spiro atoms. The van der Waals surface area contributed by atoms with Gasteiger partial charge in [0.2, 0.25) is 0 Å². The van der Waals surface area contributed by atoms with Gasteiger partial charge >= 0.3 is 5.97 Å². The number of aliphatic carboxylic acids is 1. The van der Waals surface area contributed by atoms with E-state index in [0.29, 0.717) is 17.7 Å². The Balaban J connectivity index is 1.73. The van der Waals surface area contributed by atoms with E-state index in [1.165, 1.54) is 29.9 Å². The second kappa shape index (κ2) is 11.4. The van der Waals surface area contributed by atoms with Gasteiger partial charge in [0.05, 0.1) is 16.3 Å². The van der Waals surface area contributed by atoms with Crippen molar-refractivity contribution < 1.29 is 23.1 Å². The summed E-state index contributed by atoms with van der Waals surface area (Å²) in [5, 5.41) is 23.0. The number of nitrogens with two attached hydrogens (primary N) is 1. The van der Waals surface area contributed by atoms with Crippen LogP contribution < -0.4 is 21.1 Å². The van der Waals surface area contributed by atoms with Crippen LogP contribution in [-0.4, -0.2) is 53.9 Å². The van der Waals surface area contributed by atoms with Crippen molar-refractivity contribution in [3.8, 4) is 11.3 Å². The Morgan fingerprint density at radius 1 is 1.23 bits per heavy atom. The topological polar surface area (TPSA) is 200 Å². The Morgan fingerprint density at radius 3 is 2.71 bits per heavy atom. The first-order chi connectivity index (χ1) is 16.7. The minimum absolute atomic E-state index is 0.0219. The fourth-order valence-electron chi connectivity index (χ4n) is 3.06. The quantitative estimate of drug-likeness (QED) is 0.124. The monoisotopic (exact) mass is 517 g/mol. The summed E-state index contributed by atoms with van der Waals surface area (Å²) < 4.78 is 28.4. The van der Waals surface area contributed by atoms with E-state index in [-0.39, 0.29) is 34.4 Å². The minimum atomic E-state index is -4.06. The average Bonchev–Trinajstić information content (AvgIpc) is 3.29. The highest BCUT2D eigenvalue weighted by atomic mass is 32.2. The lowest BCUT2D eigenvalue weighted by atomic mass is 10.1. The molecule has 0 aliphatic carbocycles. The van der Waals surface area contributed by atoms with Crippen molar-refractivity contribution in [2.24, 2.45) is 5.73 Å². The summed E-state index contributed by atoms with van der Waals surface area (Å²) in [7, 11) is -4.06. The van der Waals surface area contributed by atoms with Crippen LogP contribution in [-0.2, 0) is 14.8 Å². The third-order valence-corrected chi connectivity index (χ3v) is 7.00. The largest absolute Gasteiger partial charge is 0.480 e. The number of hydrogen-bond donors (Lipinski definition) is 6. The molecule has 7 N–H and O–H groups in total. The highest BCUT2D eigenvalue weighted by Crippen LogP contribution is 2.27. The summed E-state index contributed by atoms with van der Waals surface area (Å²) in [5.74, 6) is -2.19. The number of amides is 1. The van der Waals surface area contributed by atoms with Gasteiger partial charge in [0, 0.05) is 18.3 Å². The van der Waals surface area contributed by atoms with E-state index < -0.39 is 27.9 Å². The zero-order chi connectivity index (χ0) is 25.4. The molecule has 184 valence electrons. The number of rotatable bonds is 11. The second-order valence-electron chi connectivity index (χ2n) is 7.24. The van der Waals surface area contributed by atoms with Crippen LogP contribution in [0.25, 0.3) is 11.3 Å². The molecule has 1 amide bonds. The van der Waals surface area contributed by atoms with Crippen LogP contribution in [0.1, 0.15) is 22.5 Å². The zero-order valence-corrected chi connectivity index (χ0v) is 19.9. The standard InChI is InChI=1S/C21H23N7O5S2/c22-21(23)25-8-2-5-17(20(30)31)27-19(29)18-16(7-10-34-18)28-35(32,33)14-4-1-3-13(11-14)15-6-9-24-12-26-15/h1,3-4,6-7,9-12,17,28H,2,5,8H2,(H,27,29)(H,30,31)(H4,22,23,25)/t17-/m0/s1. The van der Waals surface area contributed by atoms with E-state index in [9.17, 15) is 23.1 Å². The third kappa shape index (κ3) is 6.97. The lowest BCUT2D eigenvalue weighted by Crippen LogP contribution is -2.41. The van der Waals surface area contributed by atoms with Crippen molar-refractivity contribution in [2.75, 3.05) is 11.3 Å². The molecule has 0 bridgehead atoms. The number of sulfonamides is 1. The van der Waals surface area contributed by atoms with E-state index in [1.807, 2.05) is 0 Å². The Bertz CT molecular complexity index is 1310. The molecule has 14 heteroatoms. The van der Waals surface area contributed by atoms with Crippen LogP contribution in [0, 0.1) is 5.41 Å². The summed E-state index contributed by atoms with van der Waals surface area (Å²) in [4.78, 5) is 32.3. The van der Waals surface area contributed by atoms with E-state index in [4.69, 9.17) is 11.1 Å². The molecule has 0 aliphatic heterocycles. The van der Waals surface area contributed by atoms with E-state index in [2.05, 4.69) is 25.3 Å². The second-order valence-corrected chi connectivity index (χ2v) is 9.84. The Hall–Kier alpha value is -4.04. The van der Waals surface area contributed by atoms with Gasteiger partial charge in [0.25, 0.3) is 15.9 Å². The number of anilines is 1. The molecule has 0 radical (unpaired) electrons. The Kier molecular flexibility index (Phi) is 8.33. The average molecular weight is 518 g/mol. The zero-order valence-electron chi connectivity index (χ0n) is 18.3. The number of carboxylic acid groups (broad SMARTS) is 1. The maximum absolute atomic E-state index is 13.0. The van der Waals surface area contributed by atoms with Crippen LogP contribution >= 0.6 is 11.3 Å². The van der Waals surface area contributed by atoms with Crippen molar-refractivity contribution >= 4 is 44.9 Å². The van der Waals surface area contributed by atoms with Crippen LogP contribution in [0.5, 0.6) is 0 Å². The number of aromatic nitrogens is 2. The number of guanidine groups is 1. The molecule has 3 rings (SSSR count). The molecule has 0 unspecified atom stereocenters. The lowest BCUT2D eigenvalue weighted by Gasteiger charge is -2.15. The molecule has 0 fully saturated rings. The van der Waals surface area contributed by atoms with Crippen molar-refractivity contribution in [2.45, 2.75) is 23.8 Å². The van der Waals surface area contributed by atoms with Crippen molar-refractivity contribution in [3.63, 3.8) is 0 Å². The summed E-state index contributed by atoms with van der Waals surface area (Å²) in [6.45, 7) is 0.271. The van der Waals surface area contributed by atoms with Crippen LogP contribution in [0.3, 0.4) is 0 Å². The first-order valence-corrected chi connectivity index (χ1v) is 12.6. The molecule has 2 aromatic heterocycles. The number of nitrogens with one attached hydrogen (secondary N) is 4. The predicted octanol–water partition coefficient (Wildman–Crippen LogP) is 1.45. The minimum Gasteiger partial charge on any atom is -0.480 e. The van der Waals surface area contributed by atoms with E-state index in [1.54, 1.807) is 24.4 Å². The first kappa shape index (κ1) is 25.6. The third-order valence-electron chi connectivity index (χ3n) is 4.73. The molecule has 12 nitrogen and oxygen atoms in total. The molecule has 35 heavy (non-hydrogen) atoms. The SMILES string of the molecule is N=C(N)NCCC[C@H](NC(=O)c1sccc1NS(=O)(=O)c1cccc(-c2ccncn2)c1)C(=O)O. The summed E-state index contributed by atoms with van der Waals surface area (Å²) in [6, 6.07) is 8.02. The number of nitrogens with zero attached hydrogens (tertiary/aromatic N) is 2.